The van der Waals surface area contributed by atoms with Gasteiger partial charge >= 0.3 is 6.03 Å². The zero-order valence-corrected chi connectivity index (χ0v) is 15.6. The van der Waals surface area contributed by atoms with Gasteiger partial charge in [-0.2, -0.15) is 0 Å². The van der Waals surface area contributed by atoms with Crippen molar-refractivity contribution >= 4 is 22.5 Å². The second-order valence-electron chi connectivity index (χ2n) is 7.39. The standard InChI is InChI=1S/C18H22FN5OS/c1-23-8-6-18(11-23)7-9-24(12-18)17(25)20-16-22-21-15(26-16)10-13-2-4-14(19)5-3-13/h2-5H,6-12H2,1H3,(H,20,22,25). The summed E-state index contributed by atoms with van der Waals surface area (Å²) < 4.78 is 13.0. The Morgan fingerprint density at radius 3 is 2.73 bits per heavy atom. The van der Waals surface area contributed by atoms with Crippen LogP contribution < -0.4 is 5.32 Å². The van der Waals surface area contributed by atoms with Crippen molar-refractivity contribution < 1.29 is 9.18 Å². The summed E-state index contributed by atoms with van der Waals surface area (Å²) in [6, 6.07) is 6.24. The first-order chi connectivity index (χ1) is 12.5. The number of carbonyl (C=O) groups excluding carboxylic acids is 1. The molecule has 1 aromatic carbocycles. The van der Waals surface area contributed by atoms with Crippen molar-refractivity contribution in [2.24, 2.45) is 5.41 Å². The van der Waals surface area contributed by atoms with Gasteiger partial charge in [0.15, 0.2) is 0 Å². The van der Waals surface area contributed by atoms with Crippen LogP contribution in [0.1, 0.15) is 23.4 Å². The number of carbonyl (C=O) groups is 1. The molecule has 2 amide bonds. The molecule has 2 aromatic rings. The number of likely N-dealkylation sites (tertiary alicyclic amines) is 2. The third-order valence-corrected chi connectivity index (χ3v) is 6.14. The summed E-state index contributed by atoms with van der Waals surface area (Å²) in [5, 5.41) is 12.4. The Kier molecular flexibility index (Phi) is 4.62. The first-order valence-electron chi connectivity index (χ1n) is 8.83. The third-order valence-electron chi connectivity index (χ3n) is 5.30. The van der Waals surface area contributed by atoms with E-state index in [0.717, 1.165) is 49.6 Å². The molecule has 1 spiro atoms. The fourth-order valence-corrected chi connectivity index (χ4v) is 4.69. The number of rotatable bonds is 3. The van der Waals surface area contributed by atoms with Gasteiger partial charge in [0.05, 0.1) is 0 Å². The number of aromatic nitrogens is 2. The van der Waals surface area contributed by atoms with E-state index < -0.39 is 0 Å². The van der Waals surface area contributed by atoms with E-state index >= 15 is 0 Å². The molecular formula is C18H22FN5OS. The summed E-state index contributed by atoms with van der Waals surface area (Å²) in [6.45, 7) is 3.78. The summed E-state index contributed by atoms with van der Waals surface area (Å²) in [5.74, 6) is -0.254. The number of nitrogens with one attached hydrogen (secondary N) is 1. The van der Waals surface area contributed by atoms with Gasteiger partial charge in [0.1, 0.15) is 10.8 Å². The zero-order valence-electron chi connectivity index (χ0n) is 14.7. The molecule has 4 rings (SSSR count). The molecule has 0 saturated carbocycles. The molecule has 1 atom stereocenters. The number of benzene rings is 1. The third kappa shape index (κ3) is 3.71. The van der Waals surface area contributed by atoms with Crippen LogP contribution in [0.15, 0.2) is 24.3 Å². The molecule has 8 heteroatoms. The lowest BCUT2D eigenvalue weighted by molar-refractivity contribution is 0.212. The fourth-order valence-electron chi connectivity index (χ4n) is 3.92. The number of hydrogen-bond donors (Lipinski definition) is 1. The molecule has 1 unspecified atom stereocenters. The molecule has 2 aliphatic rings. The SMILES string of the molecule is CN1CCC2(CCN(C(=O)Nc3nnc(Cc4ccc(F)cc4)s3)C2)C1. The first-order valence-corrected chi connectivity index (χ1v) is 9.64. The summed E-state index contributed by atoms with van der Waals surface area (Å²) >= 11 is 1.36. The fraction of sp³-hybridized carbons (Fsp3) is 0.500. The summed E-state index contributed by atoms with van der Waals surface area (Å²) in [7, 11) is 2.14. The molecule has 3 heterocycles. The highest BCUT2D eigenvalue weighted by molar-refractivity contribution is 7.15. The summed E-state index contributed by atoms with van der Waals surface area (Å²) in [6.07, 6.45) is 2.80. The van der Waals surface area contributed by atoms with E-state index in [2.05, 4.69) is 27.5 Å². The highest BCUT2D eigenvalue weighted by Gasteiger charge is 2.43. The molecule has 2 aliphatic heterocycles. The van der Waals surface area contributed by atoms with Crippen molar-refractivity contribution in [1.29, 1.82) is 0 Å². The number of amides is 2. The maximum absolute atomic E-state index is 13.0. The van der Waals surface area contributed by atoms with Crippen LogP contribution >= 0.6 is 11.3 Å². The van der Waals surface area contributed by atoms with Gasteiger partial charge in [0.25, 0.3) is 0 Å². The van der Waals surface area contributed by atoms with Gasteiger partial charge in [-0.1, -0.05) is 23.5 Å². The van der Waals surface area contributed by atoms with Crippen molar-refractivity contribution in [3.63, 3.8) is 0 Å². The number of urea groups is 1. The van der Waals surface area contributed by atoms with Gasteiger partial charge in [-0.3, -0.25) is 5.32 Å². The molecule has 1 N–H and O–H groups in total. The van der Waals surface area contributed by atoms with Crippen molar-refractivity contribution in [3.05, 3.63) is 40.7 Å². The molecule has 2 fully saturated rings. The molecule has 2 saturated heterocycles. The first kappa shape index (κ1) is 17.4. The van der Waals surface area contributed by atoms with Gasteiger partial charge in [0, 0.05) is 31.5 Å². The number of nitrogens with zero attached hydrogens (tertiary/aromatic N) is 4. The Morgan fingerprint density at radius 2 is 2.00 bits per heavy atom. The number of halogens is 1. The molecule has 26 heavy (non-hydrogen) atoms. The number of hydrogen-bond acceptors (Lipinski definition) is 5. The highest BCUT2D eigenvalue weighted by atomic mass is 32.1. The van der Waals surface area contributed by atoms with Crippen molar-refractivity contribution in [1.82, 2.24) is 20.0 Å². The van der Waals surface area contributed by atoms with Crippen LogP contribution in [0, 0.1) is 11.2 Å². The van der Waals surface area contributed by atoms with Crippen LogP contribution in [0.5, 0.6) is 0 Å². The van der Waals surface area contributed by atoms with Gasteiger partial charge in [-0.25, -0.2) is 9.18 Å². The lowest BCUT2D eigenvalue weighted by Crippen LogP contribution is -2.36. The number of anilines is 1. The predicted octanol–water partition coefficient (Wildman–Crippen LogP) is 2.83. The molecule has 0 radical (unpaired) electrons. The minimum atomic E-state index is -0.254. The van der Waals surface area contributed by atoms with Crippen molar-refractivity contribution in [2.45, 2.75) is 19.3 Å². The lowest BCUT2D eigenvalue weighted by Gasteiger charge is -2.23. The quantitative estimate of drug-likeness (QED) is 0.896. The van der Waals surface area contributed by atoms with E-state index in [-0.39, 0.29) is 17.3 Å². The maximum Gasteiger partial charge on any atom is 0.323 e. The van der Waals surface area contributed by atoms with Gasteiger partial charge in [0.2, 0.25) is 5.13 Å². The topological polar surface area (TPSA) is 61.4 Å². The minimum absolute atomic E-state index is 0.0964. The molecule has 0 bridgehead atoms. The minimum Gasteiger partial charge on any atom is -0.324 e. The zero-order chi connectivity index (χ0) is 18.1. The second-order valence-corrected chi connectivity index (χ2v) is 8.46. The Morgan fingerprint density at radius 1 is 1.23 bits per heavy atom. The molecule has 6 nitrogen and oxygen atoms in total. The monoisotopic (exact) mass is 375 g/mol. The van der Waals surface area contributed by atoms with Crippen LogP contribution in [0.3, 0.4) is 0 Å². The van der Waals surface area contributed by atoms with Crippen LogP contribution in [0.4, 0.5) is 14.3 Å². The van der Waals surface area contributed by atoms with Crippen molar-refractivity contribution in [2.75, 3.05) is 38.5 Å². The maximum atomic E-state index is 13.0. The van der Waals surface area contributed by atoms with E-state index in [1.165, 1.54) is 23.5 Å². The van der Waals surface area contributed by atoms with Crippen LogP contribution in [0.25, 0.3) is 0 Å². The lowest BCUT2D eigenvalue weighted by atomic mass is 9.86. The Bertz CT molecular complexity index is 795. The Labute approximate surface area is 156 Å². The average Bonchev–Trinajstić information content (AvgIpc) is 3.32. The van der Waals surface area contributed by atoms with Gasteiger partial charge < -0.3 is 9.80 Å². The van der Waals surface area contributed by atoms with E-state index in [4.69, 9.17) is 0 Å². The second kappa shape index (κ2) is 6.92. The predicted molar refractivity (Wildman–Crippen MR) is 98.9 cm³/mol. The normalized spacial score (nSPS) is 23.1. The van der Waals surface area contributed by atoms with E-state index in [1.807, 2.05) is 4.90 Å². The van der Waals surface area contributed by atoms with E-state index in [0.29, 0.717) is 11.6 Å². The van der Waals surface area contributed by atoms with E-state index in [9.17, 15) is 9.18 Å². The van der Waals surface area contributed by atoms with Crippen LogP contribution in [-0.4, -0.2) is 59.3 Å². The van der Waals surface area contributed by atoms with E-state index in [1.54, 1.807) is 12.1 Å². The largest absolute Gasteiger partial charge is 0.324 e. The molecular weight excluding hydrogens is 353 g/mol. The Balaban J connectivity index is 1.34. The van der Waals surface area contributed by atoms with Crippen LogP contribution in [0.2, 0.25) is 0 Å². The summed E-state index contributed by atoms with van der Waals surface area (Å²) in [4.78, 5) is 16.8. The van der Waals surface area contributed by atoms with Gasteiger partial charge in [-0.05, 0) is 44.1 Å². The van der Waals surface area contributed by atoms with Crippen LogP contribution in [-0.2, 0) is 6.42 Å². The van der Waals surface area contributed by atoms with Gasteiger partial charge in [-0.15, -0.1) is 10.2 Å². The van der Waals surface area contributed by atoms with Crippen molar-refractivity contribution in [3.8, 4) is 0 Å². The Hall–Kier alpha value is -2.06. The molecule has 1 aromatic heterocycles. The highest BCUT2D eigenvalue weighted by Crippen LogP contribution is 2.39. The average molecular weight is 375 g/mol. The smallest absolute Gasteiger partial charge is 0.323 e. The summed E-state index contributed by atoms with van der Waals surface area (Å²) in [5.41, 5.74) is 1.23. The molecule has 0 aliphatic carbocycles. The molecule has 138 valence electrons.